The van der Waals surface area contributed by atoms with E-state index in [1.165, 1.54) is 12.1 Å². The molecule has 0 aliphatic heterocycles. The highest BCUT2D eigenvalue weighted by Crippen LogP contribution is 2.22. The molecular weight excluding hydrogens is 241 g/mol. The number of nitrogens with zero attached hydrogens (tertiary/aromatic N) is 2. The van der Waals surface area contributed by atoms with E-state index >= 15 is 0 Å². The quantitative estimate of drug-likeness (QED) is 0.761. The van der Waals surface area contributed by atoms with Crippen LogP contribution in [0, 0.1) is 5.82 Å². The maximum Gasteiger partial charge on any atom is 0.127 e. The lowest BCUT2D eigenvalue weighted by Gasteiger charge is -2.02. The average Bonchev–Trinajstić information content (AvgIpc) is 2.83. The van der Waals surface area contributed by atoms with Crippen molar-refractivity contribution in [2.24, 2.45) is 0 Å². The van der Waals surface area contributed by atoms with E-state index in [1.54, 1.807) is 22.9 Å². The van der Waals surface area contributed by atoms with Crippen molar-refractivity contribution in [2.75, 3.05) is 5.73 Å². The maximum absolute atomic E-state index is 12.9. The van der Waals surface area contributed by atoms with Crippen LogP contribution in [0.2, 0.25) is 0 Å². The highest BCUT2D eigenvalue weighted by molar-refractivity contribution is 5.63. The monoisotopic (exact) mass is 253 g/mol. The number of aromatic nitrogens is 2. The first-order chi connectivity index (χ1) is 9.24. The van der Waals surface area contributed by atoms with Crippen molar-refractivity contribution in [1.29, 1.82) is 0 Å². The molecule has 0 radical (unpaired) electrons. The van der Waals surface area contributed by atoms with Gasteiger partial charge in [0.15, 0.2) is 0 Å². The first kappa shape index (κ1) is 11.5. The Balaban J connectivity index is 2.04. The fourth-order valence-electron chi connectivity index (χ4n) is 1.93. The van der Waals surface area contributed by atoms with Gasteiger partial charge in [-0.05, 0) is 36.4 Å². The van der Waals surface area contributed by atoms with E-state index in [-0.39, 0.29) is 5.82 Å². The molecular formula is C15H12FN3. The lowest BCUT2D eigenvalue weighted by Crippen LogP contribution is -2.01. The van der Waals surface area contributed by atoms with Crippen LogP contribution in [-0.4, -0.2) is 9.78 Å². The summed E-state index contributed by atoms with van der Waals surface area (Å²) >= 11 is 0. The van der Waals surface area contributed by atoms with Gasteiger partial charge in [-0.15, -0.1) is 0 Å². The molecule has 3 aromatic rings. The number of anilines is 1. The predicted octanol–water partition coefficient (Wildman–Crippen LogP) is 3.26. The van der Waals surface area contributed by atoms with Crippen molar-refractivity contribution in [3.63, 3.8) is 0 Å². The van der Waals surface area contributed by atoms with Crippen LogP contribution in [0.4, 0.5) is 10.2 Å². The van der Waals surface area contributed by atoms with E-state index in [9.17, 15) is 4.39 Å². The van der Waals surface area contributed by atoms with Gasteiger partial charge in [-0.1, -0.05) is 18.2 Å². The largest absolute Gasteiger partial charge is 0.384 e. The number of halogens is 1. The van der Waals surface area contributed by atoms with E-state index in [0.29, 0.717) is 5.82 Å². The van der Waals surface area contributed by atoms with Gasteiger partial charge in [0.25, 0.3) is 0 Å². The third kappa shape index (κ3) is 2.20. The van der Waals surface area contributed by atoms with Crippen molar-refractivity contribution in [2.45, 2.75) is 0 Å². The van der Waals surface area contributed by atoms with E-state index in [1.807, 2.05) is 30.3 Å². The zero-order valence-corrected chi connectivity index (χ0v) is 10.1. The summed E-state index contributed by atoms with van der Waals surface area (Å²) in [5.41, 5.74) is 8.42. The number of nitrogens with two attached hydrogens (primary N) is 1. The molecule has 0 aliphatic carbocycles. The Hall–Kier alpha value is -2.62. The van der Waals surface area contributed by atoms with Crippen molar-refractivity contribution in [1.82, 2.24) is 9.78 Å². The zero-order chi connectivity index (χ0) is 13.2. The zero-order valence-electron chi connectivity index (χ0n) is 10.1. The van der Waals surface area contributed by atoms with Crippen LogP contribution in [0.25, 0.3) is 16.9 Å². The van der Waals surface area contributed by atoms with Gasteiger partial charge in [0, 0.05) is 11.6 Å². The molecule has 0 spiro atoms. The first-order valence-corrected chi connectivity index (χ1v) is 5.91. The van der Waals surface area contributed by atoms with Crippen molar-refractivity contribution in [3.05, 3.63) is 66.5 Å². The molecule has 3 rings (SSSR count). The highest BCUT2D eigenvalue weighted by atomic mass is 19.1. The number of benzene rings is 2. The summed E-state index contributed by atoms with van der Waals surface area (Å²) in [6, 6.07) is 17.6. The smallest absolute Gasteiger partial charge is 0.127 e. The number of rotatable bonds is 2. The van der Waals surface area contributed by atoms with Gasteiger partial charge in [-0.3, -0.25) is 0 Å². The average molecular weight is 253 g/mol. The molecule has 4 heteroatoms. The number of nitrogen functional groups attached to an aromatic ring is 1. The lowest BCUT2D eigenvalue weighted by molar-refractivity contribution is 0.628. The molecule has 0 amide bonds. The Morgan fingerprint density at radius 1 is 0.947 bits per heavy atom. The highest BCUT2D eigenvalue weighted by Gasteiger charge is 2.08. The maximum atomic E-state index is 12.9. The van der Waals surface area contributed by atoms with Crippen LogP contribution in [0.1, 0.15) is 0 Å². The standard InChI is InChI=1S/C15H12FN3/c16-12-8-6-11(7-9-12)14-10-15(17)19(18-14)13-4-2-1-3-5-13/h1-10H,17H2. The second kappa shape index (κ2) is 4.57. The Morgan fingerprint density at radius 3 is 2.32 bits per heavy atom. The fourth-order valence-corrected chi connectivity index (χ4v) is 1.93. The van der Waals surface area contributed by atoms with Crippen molar-refractivity contribution in [3.8, 4) is 16.9 Å². The van der Waals surface area contributed by atoms with E-state index < -0.39 is 0 Å². The summed E-state index contributed by atoms with van der Waals surface area (Å²) in [6.45, 7) is 0. The SMILES string of the molecule is Nc1cc(-c2ccc(F)cc2)nn1-c1ccccc1. The molecule has 3 nitrogen and oxygen atoms in total. The third-order valence-corrected chi connectivity index (χ3v) is 2.88. The van der Waals surface area contributed by atoms with E-state index in [0.717, 1.165) is 16.9 Å². The Bertz CT molecular complexity index is 687. The van der Waals surface area contributed by atoms with E-state index in [2.05, 4.69) is 5.10 Å². The van der Waals surface area contributed by atoms with Gasteiger partial charge in [-0.25, -0.2) is 9.07 Å². The molecule has 0 saturated carbocycles. The lowest BCUT2D eigenvalue weighted by atomic mass is 10.1. The van der Waals surface area contributed by atoms with Gasteiger partial charge in [0.05, 0.1) is 11.4 Å². The van der Waals surface area contributed by atoms with E-state index in [4.69, 9.17) is 5.73 Å². The topological polar surface area (TPSA) is 43.8 Å². The number of para-hydroxylation sites is 1. The molecule has 0 unspecified atom stereocenters. The molecule has 1 heterocycles. The van der Waals surface area contributed by atoms with Gasteiger partial charge >= 0.3 is 0 Å². The van der Waals surface area contributed by atoms with Crippen LogP contribution in [0.5, 0.6) is 0 Å². The minimum atomic E-state index is -0.265. The second-order valence-electron chi connectivity index (χ2n) is 4.21. The number of hydrogen-bond donors (Lipinski definition) is 1. The molecule has 0 aliphatic rings. The van der Waals surface area contributed by atoms with Crippen LogP contribution in [0.3, 0.4) is 0 Å². The Morgan fingerprint density at radius 2 is 1.63 bits per heavy atom. The van der Waals surface area contributed by atoms with Gasteiger partial charge in [0.2, 0.25) is 0 Å². The summed E-state index contributed by atoms with van der Waals surface area (Å²) in [6.07, 6.45) is 0. The fraction of sp³-hybridized carbons (Fsp3) is 0. The molecule has 19 heavy (non-hydrogen) atoms. The molecule has 0 bridgehead atoms. The van der Waals surface area contributed by atoms with Crippen LogP contribution in [0.15, 0.2) is 60.7 Å². The van der Waals surface area contributed by atoms with Crippen LogP contribution >= 0.6 is 0 Å². The molecule has 0 atom stereocenters. The first-order valence-electron chi connectivity index (χ1n) is 5.91. The Labute approximate surface area is 110 Å². The third-order valence-electron chi connectivity index (χ3n) is 2.88. The molecule has 0 fully saturated rings. The van der Waals surface area contributed by atoms with Gasteiger partial charge < -0.3 is 5.73 Å². The molecule has 2 N–H and O–H groups in total. The summed E-state index contributed by atoms with van der Waals surface area (Å²) < 4.78 is 14.6. The Kier molecular flexibility index (Phi) is 2.76. The predicted molar refractivity (Wildman–Crippen MR) is 73.4 cm³/mol. The van der Waals surface area contributed by atoms with Crippen LogP contribution < -0.4 is 5.73 Å². The summed E-state index contributed by atoms with van der Waals surface area (Å²) in [7, 11) is 0. The summed E-state index contributed by atoms with van der Waals surface area (Å²) in [5, 5.41) is 4.45. The number of hydrogen-bond acceptors (Lipinski definition) is 2. The second-order valence-corrected chi connectivity index (χ2v) is 4.21. The van der Waals surface area contributed by atoms with Gasteiger partial charge in [0.1, 0.15) is 11.6 Å². The van der Waals surface area contributed by atoms with Crippen LogP contribution in [-0.2, 0) is 0 Å². The summed E-state index contributed by atoms with van der Waals surface area (Å²) in [4.78, 5) is 0. The minimum absolute atomic E-state index is 0.265. The molecule has 2 aromatic carbocycles. The minimum Gasteiger partial charge on any atom is -0.384 e. The molecule has 1 aromatic heterocycles. The van der Waals surface area contributed by atoms with Crippen molar-refractivity contribution >= 4 is 5.82 Å². The molecule has 0 saturated heterocycles. The normalized spacial score (nSPS) is 10.6. The van der Waals surface area contributed by atoms with Crippen molar-refractivity contribution < 1.29 is 4.39 Å². The molecule has 94 valence electrons. The van der Waals surface area contributed by atoms with Gasteiger partial charge in [-0.2, -0.15) is 5.10 Å². The summed E-state index contributed by atoms with van der Waals surface area (Å²) in [5.74, 6) is 0.282.